The Kier molecular flexibility index (Phi) is 7.62. The number of aromatic nitrogens is 1. The Hall–Kier alpha value is -3.09. The quantitative estimate of drug-likeness (QED) is 0.404. The van der Waals surface area contributed by atoms with Crippen molar-refractivity contribution < 1.29 is 30.4 Å². The van der Waals surface area contributed by atoms with Gasteiger partial charge in [-0.2, -0.15) is 0 Å². The summed E-state index contributed by atoms with van der Waals surface area (Å²) in [7, 11) is -6.79. The van der Waals surface area contributed by atoms with Crippen LogP contribution in [0, 0.1) is 17.0 Å². The molecule has 5 rings (SSSR count). The zero-order valence-corrected chi connectivity index (χ0v) is 23.9. The maximum Gasteiger partial charge on any atom is 0.211 e. The molecule has 8 nitrogen and oxygen atoms in total. The van der Waals surface area contributed by atoms with Crippen LogP contribution in [0.4, 0.5) is 14.5 Å². The second-order valence-electron chi connectivity index (χ2n) is 10.7. The van der Waals surface area contributed by atoms with Crippen LogP contribution in [0.2, 0.25) is 0 Å². The van der Waals surface area contributed by atoms with Crippen molar-refractivity contribution in [1.29, 1.82) is 0 Å². The van der Waals surface area contributed by atoms with Crippen LogP contribution in [0.25, 0.3) is 11.1 Å². The highest BCUT2D eigenvalue weighted by Gasteiger charge is 2.40. The fourth-order valence-corrected chi connectivity index (χ4v) is 7.33. The number of halogens is 2. The minimum atomic E-state index is -3.60. The van der Waals surface area contributed by atoms with Crippen molar-refractivity contribution in [2.45, 2.75) is 30.6 Å². The van der Waals surface area contributed by atoms with Crippen LogP contribution in [0.15, 0.2) is 59.8 Å². The second kappa shape index (κ2) is 10.7. The average Bonchev–Trinajstić information content (AvgIpc) is 2.90. The van der Waals surface area contributed by atoms with Gasteiger partial charge in [-0.1, -0.05) is 6.07 Å². The second-order valence-corrected chi connectivity index (χ2v) is 14.7. The number of hydrogen-bond donors (Lipinski definition) is 0. The lowest BCUT2D eigenvalue weighted by molar-refractivity contribution is 0.119. The van der Waals surface area contributed by atoms with Crippen molar-refractivity contribution >= 4 is 25.5 Å². The van der Waals surface area contributed by atoms with Gasteiger partial charge in [-0.25, -0.2) is 29.9 Å². The smallest absolute Gasteiger partial charge is 0.211 e. The van der Waals surface area contributed by atoms with Crippen LogP contribution in [0.5, 0.6) is 11.5 Å². The topological polar surface area (TPSA) is 96.9 Å². The number of piperidine rings is 2. The number of sulfonamides is 1. The largest absolute Gasteiger partial charge is 0.456 e. The molecule has 3 aromatic rings. The Labute approximate surface area is 233 Å². The van der Waals surface area contributed by atoms with E-state index in [1.54, 1.807) is 18.2 Å². The summed E-state index contributed by atoms with van der Waals surface area (Å²) in [5.41, 5.74) is 1.61. The number of nitrogens with zero attached hydrogens (tertiary/aromatic N) is 3. The minimum Gasteiger partial charge on any atom is -0.456 e. The van der Waals surface area contributed by atoms with E-state index in [2.05, 4.69) is 9.88 Å². The van der Waals surface area contributed by atoms with Crippen molar-refractivity contribution in [2.75, 3.05) is 43.6 Å². The summed E-state index contributed by atoms with van der Waals surface area (Å²) >= 11 is 0. The van der Waals surface area contributed by atoms with Crippen LogP contribution >= 0.6 is 0 Å². The van der Waals surface area contributed by atoms with Gasteiger partial charge in [0.25, 0.3) is 0 Å². The molecule has 3 heterocycles. The van der Waals surface area contributed by atoms with Gasteiger partial charge in [0.1, 0.15) is 11.5 Å². The maximum absolute atomic E-state index is 13.7. The van der Waals surface area contributed by atoms with Crippen molar-refractivity contribution in [3.05, 3.63) is 66.5 Å². The third-order valence-corrected chi connectivity index (χ3v) is 10.4. The lowest BCUT2D eigenvalue weighted by Crippen LogP contribution is -2.48. The zero-order chi connectivity index (χ0) is 28.7. The summed E-state index contributed by atoms with van der Waals surface area (Å²) in [5, 5.41) is 0. The normalized spacial score (nSPS) is 18.1. The molecule has 0 N–H and O–H groups in total. The van der Waals surface area contributed by atoms with E-state index in [1.165, 1.54) is 35.1 Å². The molecular formula is C28H31F2N3O5S2. The maximum atomic E-state index is 13.7. The molecular weight excluding hydrogens is 560 g/mol. The highest BCUT2D eigenvalue weighted by Crippen LogP contribution is 2.44. The number of pyridine rings is 1. The van der Waals surface area contributed by atoms with E-state index in [0.29, 0.717) is 54.5 Å². The molecule has 0 unspecified atom stereocenters. The number of rotatable bonds is 6. The Morgan fingerprint density at radius 2 is 1.45 bits per heavy atom. The molecule has 2 aromatic carbocycles. The first kappa shape index (κ1) is 28.4. The molecule has 2 fully saturated rings. The molecule has 0 bridgehead atoms. The lowest BCUT2D eigenvalue weighted by Gasteiger charge is -2.47. The molecule has 12 heteroatoms. The van der Waals surface area contributed by atoms with Crippen molar-refractivity contribution in [2.24, 2.45) is 5.41 Å². The summed E-state index contributed by atoms with van der Waals surface area (Å²) < 4.78 is 83.9. The first-order valence-corrected chi connectivity index (χ1v) is 16.7. The van der Waals surface area contributed by atoms with Gasteiger partial charge < -0.3 is 9.64 Å². The highest BCUT2D eigenvalue weighted by molar-refractivity contribution is 7.90. The SMILES string of the molecule is CS(=O)(=O)c1cc(Oc2cncc(-c3ccc(F)c(F)c3)c2)ccc1N1CCC2(CC1)CCN(S(C)(=O)=O)CC2. The molecule has 1 aromatic heterocycles. The molecule has 0 atom stereocenters. The van der Waals surface area contributed by atoms with Crippen LogP contribution < -0.4 is 9.64 Å². The Balaban J connectivity index is 1.33. The summed E-state index contributed by atoms with van der Waals surface area (Å²) in [6.45, 7) is 2.38. The Morgan fingerprint density at radius 3 is 2.08 bits per heavy atom. The summed E-state index contributed by atoms with van der Waals surface area (Å²) in [6, 6.07) is 10.1. The van der Waals surface area contributed by atoms with Crippen molar-refractivity contribution in [1.82, 2.24) is 9.29 Å². The van der Waals surface area contributed by atoms with Gasteiger partial charge in [0.05, 0.1) is 23.0 Å². The molecule has 0 amide bonds. The predicted octanol–water partition coefficient (Wildman–Crippen LogP) is 4.86. The van der Waals surface area contributed by atoms with Gasteiger partial charge in [0, 0.05) is 50.3 Å². The molecule has 0 saturated carbocycles. The molecule has 40 heavy (non-hydrogen) atoms. The molecule has 0 aliphatic carbocycles. The van der Waals surface area contributed by atoms with Gasteiger partial charge in [0.15, 0.2) is 21.5 Å². The standard InChI is InChI=1S/C28H31F2N3O5S2/c1-39(34,35)27-17-22(38-23-15-21(18-31-19-23)20-3-5-24(29)25(30)16-20)4-6-26(27)32-11-7-28(8-12-32)9-13-33(14-10-28)40(2,36)37/h3-6,15-19H,7-14H2,1-2H3. The van der Waals surface area contributed by atoms with Crippen LogP contribution in [-0.2, 0) is 19.9 Å². The minimum absolute atomic E-state index is 0.0669. The van der Waals surface area contributed by atoms with Crippen LogP contribution in [-0.4, -0.2) is 64.8 Å². The summed E-state index contributed by atoms with van der Waals surface area (Å²) in [6.07, 6.45) is 8.67. The monoisotopic (exact) mass is 591 g/mol. The molecule has 1 spiro atoms. The van der Waals surface area contributed by atoms with E-state index in [4.69, 9.17) is 4.74 Å². The van der Waals surface area contributed by atoms with Crippen LogP contribution in [0.1, 0.15) is 25.7 Å². The van der Waals surface area contributed by atoms with E-state index in [9.17, 15) is 25.6 Å². The van der Waals surface area contributed by atoms with Crippen molar-refractivity contribution in [3.8, 4) is 22.6 Å². The number of hydrogen-bond acceptors (Lipinski definition) is 7. The predicted molar refractivity (Wildman–Crippen MR) is 149 cm³/mol. The Bertz CT molecular complexity index is 1630. The number of anilines is 1. The highest BCUT2D eigenvalue weighted by atomic mass is 32.2. The molecule has 2 saturated heterocycles. The first-order valence-electron chi connectivity index (χ1n) is 13.0. The molecule has 214 valence electrons. The van der Waals surface area contributed by atoms with E-state index in [-0.39, 0.29) is 10.3 Å². The zero-order valence-electron chi connectivity index (χ0n) is 22.3. The fraction of sp³-hybridized carbons (Fsp3) is 0.393. The third kappa shape index (κ3) is 6.13. The summed E-state index contributed by atoms with van der Waals surface area (Å²) in [4.78, 5) is 6.35. The van der Waals surface area contributed by atoms with Gasteiger partial charge in [-0.3, -0.25) is 4.98 Å². The van der Waals surface area contributed by atoms with E-state index >= 15 is 0 Å². The average molecular weight is 592 g/mol. The molecule has 2 aliphatic rings. The molecule has 0 radical (unpaired) electrons. The Morgan fingerprint density at radius 1 is 0.775 bits per heavy atom. The van der Waals surface area contributed by atoms with Gasteiger partial charge in [0.2, 0.25) is 10.0 Å². The number of benzene rings is 2. The third-order valence-electron chi connectivity index (χ3n) is 7.95. The van der Waals surface area contributed by atoms with E-state index < -0.39 is 31.5 Å². The van der Waals surface area contributed by atoms with E-state index in [1.807, 2.05) is 0 Å². The van der Waals surface area contributed by atoms with Gasteiger partial charge in [-0.15, -0.1) is 0 Å². The first-order chi connectivity index (χ1) is 18.8. The van der Waals surface area contributed by atoms with Gasteiger partial charge >= 0.3 is 0 Å². The van der Waals surface area contributed by atoms with Crippen molar-refractivity contribution in [3.63, 3.8) is 0 Å². The lowest BCUT2D eigenvalue weighted by atomic mass is 9.71. The summed E-state index contributed by atoms with van der Waals surface area (Å²) in [5.74, 6) is -1.30. The number of sulfone groups is 1. The van der Waals surface area contributed by atoms with Gasteiger partial charge in [-0.05, 0) is 67.0 Å². The fourth-order valence-electron chi connectivity index (χ4n) is 5.57. The molecule has 2 aliphatic heterocycles. The van der Waals surface area contributed by atoms with E-state index in [0.717, 1.165) is 44.1 Å². The van der Waals surface area contributed by atoms with Crippen LogP contribution in [0.3, 0.4) is 0 Å². The number of ether oxygens (including phenoxy) is 1.